The normalized spacial score (nSPS) is 17.8. The van der Waals surface area contributed by atoms with Gasteiger partial charge in [0.25, 0.3) is 5.91 Å². The Morgan fingerprint density at radius 3 is 2.79 bits per heavy atom. The van der Waals surface area contributed by atoms with Crippen molar-refractivity contribution in [1.29, 1.82) is 0 Å². The molecular formula is C19H26N2O3. The zero-order chi connectivity index (χ0) is 16.9. The van der Waals surface area contributed by atoms with Gasteiger partial charge in [0.1, 0.15) is 5.75 Å². The topological polar surface area (TPSA) is 58.6 Å². The van der Waals surface area contributed by atoms with E-state index in [9.17, 15) is 9.59 Å². The molecule has 0 radical (unpaired) electrons. The van der Waals surface area contributed by atoms with Crippen LogP contribution in [0.25, 0.3) is 0 Å². The third kappa shape index (κ3) is 3.89. The molecule has 1 saturated carbocycles. The van der Waals surface area contributed by atoms with Crippen molar-refractivity contribution in [2.45, 2.75) is 57.9 Å². The van der Waals surface area contributed by atoms with E-state index < -0.39 is 0 Å². The fraction of sp³-hybridized carbons (Fsp3) is 0.579. The molecule has 1 aromatic rings. The highest BCUT2D eigenvalue weighted by atomic mass is 16.5. The number of carbonyl (C=O) groups excluding carboxylic acids is 2. The summed E-state index contributed by atoms with van der Waals surface area (Å²) >= 11 is 0. The molecule has 1 heterocycles. The van der Waals surface area contributed by atoms with Gasteiger partial charge in [-0.3, -0.25) is 9.59 Å². The van der Waals surface area contributed by atoms with Crippen molar-refractivity contribution in [3.8, 4) is 5.75 Å². The Balaban J connectivity index is 1.58. The Bertz CT molecular complexity index is 609. The summed E-state index contributed by atoms with van der Waals surface area (Å²) in [6, 6.07) is 5.97. The van der Waals surface area contributed by atoms with Crippen LogP contribution in [0.2, 0.25) is 0 Å². The molecule has 2 amide bonds. The van der Waals surface area contributed by atoms with Gasteiger partial charge in [-0.1, -0.05) is 19.3 Å². The first-order valence-electron chi connectivity index (χ1n) is 9.02. The maximum absolute atomic E-state index is 12.5. The number of rotatable bonds is 5. The number of fused-ring (bicyclic) bond motifs is 1. The molecule has 3 rings (SSSR count). The fourth-order valence-corrected chi connectivity index (χ4v) is 3.71. The van der Waals surface area contributed by atoms with Crippen LogP contribution in [-0.2, 0) is 16.0 Å². The molecule has 1 fully saturated rings. The van der Waals surface area contributed by atoms with Gasteiger partial charge < -0.3 is 15.0 Å². The minimum absolute atomic E-state index is 0.0532. The molecule has 0 aromatic heterocycles. The molecule has 0 bridgehead atoms. The van der Waals surface area contributed by atoms with Crippen LogP contribution in [0.4, 0.5) is 5.69 Å². The van der Waals surface area contributed by atoms with Crippen molar-refractivity contribution in [2.24, 2.45) is 0 Å². The number of ether oxygens (including phenoxy) is 1. The first-order valence-corrected chi connectivity index (χ1v) is 9.02. The van der Waals surface area contributed by atoms with Crippen LogP contribution in [0.5, 0.6) is 5.75 Å². The second kappa shape index (κ2) is 7.69. The van der Waals surface area contributed by atoms with Gasteiger partial charge in [0.05, 0.1) is 0 Å². The highest BCUT2D eigenvalue weighted by molar-refractivity contribution is 5.94. The lowest BCUT2D eigenvalue weighted by molar-refractivity contribution is -0.136. The number of nitrogens with one attached hydrogen (secondary N) is 1. The quantitative estimate of drug-likeness (QED) is 0.902. The van der Waals surface area contributed by atoms with E-state index in [1.54, 1.807) is 0 Å². The SMILES string of the molecule is CCN(C(=O)COc1ccc2c(c1)CCC(=O)N2)C1CCCCC1. The van der Waals surface area contributed by atoms with E-state index in [0.29, 0.717) is 18.2 Å². The molecule has 5 heteroatoms. The van der Waals surface area contributed by atoms with Crippen molar-refractivity contribution >= 4 is 17.5 Å². The zero-order valence-electron chi connectivity index (χ0n) is 14.3. The summed E-state index contributed by atoms with van der Waals surface area (Å²) in [6.07, 6.45) is 7.15. The summed E-state index contributed by atoms with van der Waals surface area (Å²) in [5, 5.41) is 2.85. The molecule has 5 nitrogen and oxygen atoms in total. The second-order valence-corrected chi connectivity index (χ2v) is 6.63. The molecule has 1 aliphatic heterocycles. The zero-order valence-corrected chi connectivity index (χ0v) is 14.3. The lowest BCUT2D eigenvalue weighted by Gasteiger charge is -2.33. The van der Waals surface area contributed by atoms with Crippen molar-refractivity contribution in [1.82, 2.24) is 4.90 Å². The minimum atomic E-state index is 0.0532. The van der Waals surface area contributed by atoms with Gasteiger partial charge in [-0.15, -0.1) is 0 Å². The summed E-state index contributed by atoms with van der Waals surface area (Å²) in [4.78, 5) is 25.9. The number of likely N-dealkylation sites (N-methyl/N-ethyl adjacent to an activating group) is 1. The number of hydrogen-bond acceptors (Lipinski definition) is 3. The molecule has 0 saturated heterocycles. The molecule has 1 aromatic carbocycles. The van der Waals surface area contributed by atoms with E-state index in [4.69, 9.17) is 4.74 Å². The molecule has 0 spiro atoms. The van der Waals surface area contributed by atoms with E-state index in [1.165, 1.54) is 19.3 Å². The number of anilines is 1. The summed E-state index contributed by atoms with van der Waals surface area (Å²) in [7, 11) is 0. The van der Waals surface area contributed by atoms with E-state index in [1.807, 2.05) is 30.0 Å². The second-order valence-electron chi connectivity index (χ2n) is 6.63. The fourth-order valence-electron chi connectivity index (χ4n) is 3.71. The van der Waals surface area contributed by atoms with Crippen molar-refractivity contribution in [3.63, 3.8) is 0 Å². The number of carbonyl (C=O) groups is 2. The predicted octanol–water partition coefficient (Wildman–Crippen LogP) is 3.13. The van der Waals surface area contributed by atoms with Crippen LogP contribution < -0.4 is 10.1 Å². The number of benzene rings is 1. The van der Waals surface area contributed by atoms with Gasteiger partial charge in [-0.05, 0) is 49.9 Å². The maximum atomic E-state index is 12.5. The first-order chi connectivity index (χ1) is 11.7. The van der Waals surface area contributed by atoms with Crippen molar-refractivity contribution < 1.29 is 14.3 Å². The minimum Gasteiger partial charge on any atom is -0.484 e. The summed E-state index contributed by atoms with van der Waals surface area (Å²) in [6.45, 7) is 2.85. The van der Waals surface area contributed by atoms with Crippen LogP contribution in [0, 0.1) is 0 Å². The average Bonchev–Trinajstić information content (AvgIpc) is 2.61. The first kappa shape index (κ1) is 16.8. The van der Waals surface area contributed by atoms with Gasteiger partial charge >= 0.3 is 0 Å². The van der Waals surface area contributed by atoms with Crippen LogP contribution in [-0.4, -0.2) is 35.9 Å². The van der Waals surface area contributed by atoms with Crippen LogP contribution in [0.15, 0.2) is 18.2 Å². The van der Waals surface area contributed by atoms with E-state index >= 15 is 0 Å². The Morgan fingerprint density at radius 2 is 2.04 bits per heavy atom. The Labute approximate surface area is 143 Å². The summed E-state index contributed by atoms with van der Waals surface area (Å²) in [5.41, 5.74) is 1.92. The standard InChI is InChI=1S/C19H26N2O3/c1-2-21(15-6-4-3-5-7-15)19(23)13-24-16-9-10-17-14(12-16)8-11-18(22)20-17/h9-10,12,15H,2-8,11,13H2,1H3,(H,20,22). The smallest absolute Gasteiger partial charge is 0.260 e. The van der Waals surface area contributed by atoms with Crippen molar-refractivity contribution in [3.05, 3.63) is 23.8 Å². The Hall–Kier alpha value is -2.04. The highest BCUT2D eigenvalue weighted by Crippen LogP contribution is 2.27. The Kier molecular flexibility index (Phi) is 5.38. The van der Waals surface area contributed by atoms with Crippen LogP contribution >= 0.6 is 0 Å². The van der Waals surface area contributed by atoms with Gasteiger partial charge in [-0.2, -0.15) is 0 Å². The number of hydrogen-bond donors (Lipinski definition) is 1. The van der Waals surface area contributed by atoms with E-state index in [-0.39, 0.29) is 18.4 Å². The van der Waals surface area contributed by atoms with Gasteiger partial charge in [-0.25, -0.2) is 0 Å². The van der Waals surface area contributed by atoms with Gasteiger partial charge in [0.2, 0.25) is 5.91 Å². The predicted molar refractivity (Wildman–Crippen MR) is 93.1 cm³/mol. The van der Waals surface area contributed by atoms with Crippen molar-refractivity contribution in [2.75, 3.05) is 18.5 Å². The molecule has 0 unspecified atom stereocenters. The summed E-state index contributed by atoms with van der Waals surface area (Å²) < 4.78 is 5.73. The monoisotopic (exact) mass is 330 g/mol. The molecular weight excluding hydrogens is 304 g/mol. The third-order valence-corrected chi connectivity index (χ3v) is 5.01. The van der Waals surface area contributed by atoms with E-state index in [2.05, 4.69) is 5.32 Å². The number of aryl methyl sites for hydroxylation is 1. The highest BCUT2D eigenvalue weighted by Gasteiger charge is 2.24. The molecule has 2 aliphatic rings. The molecule has 0 atom stereocenters. The number of nitrogens with zero attached hydrogens (tertiary/aromatic N) is 1. The lowest BCUT2D eigenvalue weighted by Crippen LogP contribution is -2.43. The third-order valence-electron chi connectivity index (χ3n) is 5.01. The molecule has 1 aliphatic carbocycles. The number of amides is 2. The van der Waals surface area contributed by atoms with E-state index in [0.717, 1.165) is 37.1 Å². The van der Waals surface area contributed by atoms with Gasteiger partial charge in [0, 0.05) is 24.7 Å². The van der Waals surface area contributed by atoms with Gasteiger partial charge in [0.15, 0.2) is 6.61 Å². The average molecular weight is 330 g/mol. The Morgan fingerprint density at radius 1 is 1.25 bits per heavy atom. The molecule has 24 heavy (non-hydrogen) atoms. The van der Waals surface area contributed by atoms with Crippen LogP contribution in [0.1, 0.15) is 51.0 Å². The summed E-state index contributed by atoms with van der Waals surface area (Å²) in [5.74, 6) is 0.811. The molecule has 130 valence electrons. The molecule has 1 N–H and O–H groups in total. The lowest BCUT2D eigenvalue weighted by atomic mass is 9.94. The maximum Gasteiger partial charge on any atom is 0.260 e. The van der Waals surface area contributed by atoms with Crippen LogP contribution in [0.3, 0.4) is 0 Å². The largest absolute Gasteiger partial charge is 0.484 e.